The van der Waals surface area contributed by atoms with Gasteiger partial charge in [-0.3, -0.25) is 0 Å². The molecule has 70 valence electrons. The van der Waals surface area contributed by atoms with Crippen LogP contribution in [0.3, 0.4) is 0 Å². The fourth-order valence-corrected chi connectivity index (χ4v) is 0.590. The van der Waals surface area contributed by atoms with Crippen molar-refractivity contribution in [3.05, 3.63) is 0 Å². The van der Waals surface area contributed by atoms with Crippen molar-refractivity contribution in [1.29, 1.82) is 0 Å². The van der Waals surface area contributed by atoms with Crippen molar-refractivity contribution in [1.82, 2.24) is 0 Å². The van der Waals surface area contributed by atoms with Crippen LogP contribution in [0.5, 0.6) is 0 Å². The molecule has 0 radical (unpaired) electrons. The van der Waals surface area contributed by atoms with Crippen LogP contribution in [0.1, 0.15) is 0 Å². The maximum atomic E-state index is 8.09. The second-order valence-electron chi connectivity index (χ2n) is 2.01. The van der Waals surface area contributed by atoms with Crippen molar-refractivity contribution >= 4 is 31.7 Å². The normalized spacial score (nSPS) is 8.58. The monoisotopic (exact) mass is 194 g/mol. The molecule has 0 aromatic rings. The summed E-state index contributed by atoms with van der Waals surface area (Å²) in [6.45, 7) is 4.08. The van der Waals surface area contributed by atoms with Gasteiger partial charge in [0.15, 0.2) is 9.04 Å². The Morgan fingerprint density at radius 3 is 1.92 bits per heavy atom. The van der Waals surface area contributed by atoms with Crippen molar-refractivity contribution in [2.75, 3.05) is 0 Å². The summed E-state index contributed by atoms with van der Waals surface area (Å²) in [5, 5.41) is 29.6. The fraction of sp³-hybridized carbons (Fsp3) is 1.00. The molecule has 0 heterocycles. The van der Waals surface area contributed by atoms with E-state index < -0.39 is 16.4 Å². The van der Waals surface area contributed by atoms with Crippen LogP contribution >= 0.6 is 0 Å². The molecule has 0 aromatic carbocycles. The van der Waals surface area contributed by atoms with Gasteiger partial charge < -0.3 is 29.0 Å². The van der Waals surface area contributed by atoms with Gasteiger partial charge in [-0.25, -0.2) is 0 Å². The molecule has 0 saturated heterocycles. The van der Waals surface area contributed by atoms with E-state index in [1.165, 1.54) is 0 Å². The molecule has 0 aromatic heterocycles. The molecule has 0 spiro atoms. The van der Waals surface area contributed by atoms with Crippen LogP contribution in [0, 0.1) is 0 Å². The van der Waals surface area contributed by atoms with Crippen LogP contribution in [0.2, 0.25) is 13.1 Å². The van der Waals surface area contributed by atoms with Crippen molar-refractivity contribution in [3.8, 4) is 0 Å². The molecule has 0 unspecified atom stereocenters. The predicted octanol–water partition coefficient (Wildman–Crippen LogP) is -3.52. The van der Waals surface area contributed by atoms with Crippen LogP contribution in [0.15, 0.2) is 0 Å². The average molecular weight is 194 g/mol. The van der Waals surface area contributed by atoms with E-state index >= 15 is 0 Å². The minimum atomic E-state index is -2.17. The van der Waals surface area contributed by atoms with Crippen molar-refractivity contribution < 1.29 is 29.0 Å². The zero-order valence-corrected chi connectivity index (χ0v) is 8.33. The van der Waals surface area contributed by atoms with E-state index in [4.69, 9.17) is 24.4 Å². The summed E-state index contributed by atoms with van der Waals surface area (Å²) in [6, 6.07) is 0. The average Bonchev–Trinajstić information content (AvgIpc) is 1.86. The highest BCUT2D eigenvalue weighted by Gasteiger charge is 1.95. The zero-order chi connectivity index (χ0) is 9.98. The van der Waals surface area contributed by atoms with Gasteiger partial charge in [0.1, 0.15) is 0 Å². The molecular weight excluding hydrogens is 181 g/mol. The SMILES string of the molecule is C[SiH](C)OBOBO.OB(O)O. The topological polar surface area (TPSA) is 99.4 Å². The molecule has 0 aliphatic rings. The fourth-order valence-electron chi connectivity index (χ4n) is 0.221. The second-order valence-corrected chi connectivity index (χ2v) is 4.44. The Bertz CT molecular complexity index is 80.4. The maximum Gasteiger partial charge on any atom is 0.631 e. The standard InChI is InChI=1S/C2H10B2O3Si.BH3O3/c1-8(2)7-4-6-3-5;2-1(3)4/h3-5,8H,1-2H3;2-4H. The summed E-state index contributed by atoms with van der Waals surface area (Å²) in [6.07, 6.45) is 0. The van der Waals surface area contributed by atoms with Crippen LogP contribution in [-0.2, 0) is 8.92 Å². The van der Waals surface area contributed by atoms with E-state index in [-0.39, 0.29) is 15.4 Å². The Hall–Kier alpha value is 0.172. The van der Waals surface area contributed by atoms with Crippen LogP contribution in [0.25, 0.3) is 0 Å². The predicted molar refractivity (Wildman–Crippen MR) is 50.0 cm³/mol. The molecule has 0 amide bonds. The van der Waals surface area contributed by atoms with Crippen LogP contribution < -0.4 is 0 Å². The molecule has 0 aliphatic carbocycles. The lowest BCUT2D eigenvalue weighted by atomic mass is 10.3. The van der Waals surface area contributed by atoms with E-state index in [1.54, 1.807) is 0 Å². The molecule has 6 nitrogen and oxygen atoms in total. The quantitative estimate of drug-likeness (QED) is 0.273. The van der Waals surface area contributed by atoms with Gasteiger partial charge in [0.25, 0.3) is 0 Å². The summed E-state index contributed by atoms with van der Waals surface area (Å²) in [5.74, 6) is 0. The van der Waals surface area contributed by atoms with E-state index in [0.29, 0.717) is 0 Å². The minimum absolute atomic E-state index is 0.236. The molecule has 0 saturated carbocycles. The highest BCUT2D eigenvalue weighted by atomic mass is 28.3. The van der Waals surface area contributed by atoms with E-state index in [9.17, 15) is 0 Å². The van der Waals surface area contributed by atoms with E-state index in [1.807, 2.05) is 13.1 Å². The van der Waals surface area contributed by atoms with E-state index in [0.717, 1.165) is 0 Å². The molecule has 0 atom stereocenters. The van der Waals surface area contributed by atoms with Crippen molar-refractivity contribution in [3.63, 3.8) is 0 Å². The van der Waals surface area contributed by atoms with Gasteiger partial charge in [0, 0.05) is 0 Å². The van der Waals surface area contributed by atoms with Crippen molar-refractivity contribution in [2.45, 2.75) is 13.1 Å². The third kappa shape index (κ3) is 32.0. The summed E-state index contributed by atoms with van der Waals surface area (Å²) in [5.41, 5.74) is 0. The third-order valence-corrected chi connectivity index (χ3v) is 1.38. The van der Waals surface area contributed by atoms with Crippen LogP contribution in [-0.4, -0.2) is 51.8 Å². The van der Waals surface area contributed by atoms with Gasteiger partial charge in [-0.1, -0.05) is 0 Å². The largest absolute Gasteiger partial charge is 0.631 e. The second kappa shape index (κ2) is 11.2. The molecule has 0 bridgehead atoms. The van der Waals surface area contributed by atoms with Gasteiger partial charge in [0.2, 0.25) is 0 Å². The first-order valence-corrected chi connectivity index (χ1v) is 6.13. The molecule has 12 heavy (non-hydrogen) atoms. The molecule has 0 aliphatic heterocycles. The Morgan fingerprint density at radius 2 is 1.67 bits per heavy atom. The molecule has 10 heteroatoms. The summed E-state index contributed by atoms with van der Waals surface area (Å²) in [4.78, 5) is 0. The molecular formula is C2H13B3O6Si. The van der Waals surface area contributed by atoms with Gasteiger partial charge in [-0.2, -0.15) is 0 Å². The Balaban J connectivity index is 0. The molecule has 4 N–H and O–H groups in total. The van der Waals surface area contributed by atoms with Gasteiger partial charge in [-0.15, -0.1) is 0 Å². The molecule has 0 fully saturated rings. The third-order valence-electron chi connectivity index (χ3n) is 0.576. The lowest BCUT2D eigenvalue weighted by Gasteiger charge is -2.02. The highest BCUT2D eigenvalue weighted by Crippen LogP contribution is 1.79. The summed E-state index contributed by atoms with van der Waals surface area (Å²) < 4.78 is 9.55. The summed E-state index contributed by atoms with van der Waals surface area (Å²) in [7, 11) is -3.12. The smallest absolute Gasteiger partial charge is 0.459 e. The van der Waals surface area contributed by atoms with Gasteiger partial charge in [-0.05, 0) is 13.1 Å². The zero-order valence-electron chi connectivity index (χ0n) is 7.17. The lowest BCUT2D eigenvalue weighted by molar-refractivity contribution is 0.278. The van der Waals surface area contributed by atoms with Crippen LogP contribution in [0.4, 0.5) is 0 Å². The van der Waals surface area contributed by atoms with E-state index in [2.05, 4.69) is 4.57 Å². The number of hydrogen-bond acceptors (Lipinski definition) is 6. The van der Waals surface area contributed by atoms with Crippen molar-refractivity contribution in [2.24, 2.45) is 0 Å². The molecule has 0 rings (SSSR count). The van der Waals surface area contributed by atoms with Gasteiger partial charge in [0.05, 0.1) is 0 Å². The Morgan fingerprint density at radius 1 is 1.25 bits per heavy atom. The highest BCUT2D eigenvalue weighted by molar-refractivity contribution is 6.55. The first kappa shape index (κ1) is 14.7. The summed E-state index contributed by atoms with van der Waals surface area (Å²) >= 11 is 0. The van der Waals surface area contributed by atoms with Gasteiger partial charge >= 0.3 is 22.7 Å². The maximum absolute atomic E-state index is 8.09. The Kier molecular flexibility index (Phi) is 13.7. The first-order chi connectivity index (χ1) is 5.50. The minimum Gasteiger partial charge on any atom is -0.459 e. The number of hydrogen-bond donors (Lipinski definition) is 4. The lowest BCUT2D eigenvalue weighted by Crippen LogP contribution is -2.15. The number of rotatable bonds is 4. The first-order valence-electron chi connectivity index (χ1n) is 3.35. The Labute approximate surface area is 74.7 Å².